The van der Waals surface area contributed by atoms with E-state index in [2.05, 4.69) is 9.97 Å². The Morgan fingerprint density at radius 2 is 1.84 bits per heavy atom. The topological polar surface area (TPSA) is 83.4 Å². The highest BCUT2D eigenvalue weighted by molar-refractivity contribution is 7.21. The van der Waals surface area contributed by atoms with Crippen molar-refractivity contribution in [3.8, 4) is 10.6 Å². The minimum absolute atomic E-state index is 0.172. The van der Waals surface area contributed by atoms with E-state index in [1.54, 1.807) is 42.5 Å². The van der Waals surface area contributed by atoms with Gasteiger partial charge in [-0.2, -0.15) is 0 Å². The monoisotopic (exact) mass is 447 g/mol. The molecule has 0 saturated carbocycles. The molecule has 1 fully saturated rings. The quantitative estimate of drug-likeness (QED) is 0.445. The van der Waals surface area contributed by atoms with Gasteiger partial charge in [0.25, 0.3) is 0 Å². The molecule has 32 heavy (non-hydrogen) atoms. The number of likely N-dealkylation sites (tertiary alicyclic amines) is 1. The summed E-state index contributed by atoms with van der Waals surface area (Å²) in [6.07, 6.45) is 0. The number of fused-ring (bicyclic) bond motifs is 1. The third kappa shape index (κ3) is 3.90. The van der Waals surface area contributed by atoms with Gasteiger partial charge in [0.2, 0.25) is 5.78 Å². The van der Waals surface area contributed by atoms with Crippen molar-refractivity contribution < 1.29 is 19.1 Å². The fourth-order valence-corrected chi connectivity index (χ4v) is 4.70. The molecule has 3 heterocycles. The lowest BCUT2D eigenvalue weighted by Crippen LogP contribution is -2.49. The largest absolute Gasteiger partial charge is 0.481 e. The summed E-state index contributed by atoms with van der Waals surface area (Å²) in [5, 5.41) is 9.47. The van der Waals surface area contributed by atoms with Crippen LogP contribution in [0.2, 0.25) is 0 Å². The molecule has 4 aromatic rings. The van der Waals surface area contributed by atoms with Gasteiger partial charge in [-0.05, 0) is 29.8 Å². The zero-order valence-electron chi connectivity index (χ0n) is 16.9. The normalized spacial score (nSPS) is 14.4. The van der Waals surface area contributed by atoms with Crippen LogP contribution in [0.25, 0.3) is 20.9 Å². The molecule has 2 aromatic carbocycles. The fourth-order valence-electron chi connectivity index (χ4n) is 3.74. The summed E-state index contributed by atoms with van der Waals surface area (Å²) in [6, 6.07) is 17.3. The molecular formula is C24H18FN3O3S. The molecule has 6 nitrogen and oxygen atoms in total. The van der Waals surface area contributed by atoms with Crippen molar-refractivity contribution in [2.45, 2.75) is 6.54 Å². The van der Waals surface area contributed by atoms with E-state index in [9.17, 15) is 14.0 Å². The number of nitrogens with zero attached hydrogens (tertiary/aromatic N) is 3. The van der Waals surface area contributed by atoms with Crippen LogP contribution in [0.1, 0.15) is 21.6 Å². The number of hydrogen-bond acceptors (Lipinski definition) is 6. The third-order valence-electron chi connectivity index (χ3n) is 5.50. The molecule has 0 radical (unpaired) electrons. The Hall–Kier alpha value is -3.49. The number of rotatable bonds is 6. The predicted octanol–water partition coefficient (Wildman–Crippen LogP) is 4.24. The first-order valence-electron chi connectivity index (χ1n) is 10.1. The van der Waals surface area contributed by atoms with E-state index in [1.165, 1.54) is 17.4 Å². The van der Waals surface area contributed by atoms with Crippen LogP contribution in [0.5, 0.6) is 0 Å². The van der Waals surface area contributed by atoms with E-state index in [4.69, 9.17) is 5.11 Å². The number of aliphatic carboxylic acids is 1. The Morgan fingerprint density at radius 3 is 2.56 bits per heavy atom. The maximum Gasteiger partial charge on any atom is 0.309 e. The predicted molar refractivity (Wildman–Crippen MR) is 119 cm³/mol. The first kappa shape index (κ1) is 20.4. The number of ketones is 1. The molecule has 5 rings (SSSR count). The van der Waals surface area contributed by atoms with E-state index in [0.717, 1.165) is 5.56 Å². The van der Waals surface area contributed by atoms with E-state index in [0.29, 0.717) is 51.8 Å². The SMILES string of the molecule is O=C(c1ccccc1)c1ccc2nc(-c3ccc(CN4CC(C(=O)O)C4)cc3F)sc2n1. The third-order valence-corrected chi connectivity index (χ3v) is 6.50. The van der Waals surface area contributed by atoms with Gasteiger partial charge in [-0.1, -0.05) is 47.7 Å². The van der Waals surface area contributed by atoms with Crippen molar-refractivity contribution in [3.05, 3.63) is 83.3 Å². The van der Waals surface area contributed by atoms with Crippen LogP contribution < -0.4 is 0 Å². The van der Waals surface area contributed by atoms with Crippen LogP contribution in [-0.2, 0) is 11.3 Å². The summed E-state index contributed by atoms with van der Waals surface area (Å²) in [4.78, 5) is 35.1. The highest BCUT2D eigenvalue weighted by Crippen LogP contribution is 2.32. The molecule has 0 atom stereocenters. The summed E-state index contributed by atoms with van der Waals surface area (Å²) >= 11 is 1.24. The van der Waals surface area contributed by atoms with Gasteiger partial charge in [-0.15, -0.1) is 0 Å². The van der Waals surface area contributed by atoms with Crippen LogP contribution >= 0.6 is 11.3 Å². The van der Waals surface area contributed by atoms with Gasteiger partial charge >= 0.3 is 5.97 Å². The fraction of sp³-hybridized carbons (Fsp3) is 0.167. The van der Waals surface area contributed by atoms with Crippen molar-refractivity contribution in [1.82, 2.24) is 14.9 Å². The summed E-state index contributed by atoms with van der Waals surface area (Å²) in [5.41, 5.74) is 2.65. The van der Waals surface area contributed by atoms with Crippen LogP contribution in [-0.4, -0.2) is 44.8 Å². The van der Waals surface area contributed by atoms with Crippen molar-refractivity contribution >= 4 is 33.4 Å². The van der Waals surface area contributed by atoms with E-state index in [1.807, 2.05) is 17.0 Å². The van der Waals surface area contributed by atoms with E-state index in [-0.39, 0.29) is 11.7 Å². The van der Waals surface area contributed by atoms with Gasteiger partial charge in [0.15, 0.2) is 0 Å². The number of hydrogen-bond donors (Lipinski definition) is 1. The van der Waals surface area contributed by atoms with Crippen molar-refractivity contribution in [2.75, 3.05) is 13.1 Å². The Morgan fingerprint density at radius 1 is 1.06 bits per heavy atom. The average Bonchev–Trinajstić information content (AvgIpc) is 3.18. The standard InChI is InChI=1S/C24H18FN3O3S/c25-18-10-14(11-28-12-16(13-28)24(30)31)6-7-17(18)22-27-20-9-8-19(26-23(20)32-22)21(29)15-4-2-1-3-5-15/h1-10,16H,11-13H2,(H,30,31). The summed E-state index contributed by atoms with van der Waals surface area (Å²) in [6.45, 7) is 1.46. The molecule has 0 bridgehead atoms. The number of halogens is 1. The molecular weight excluding hydrogens is 429 g/mol. The molecule has 0 unspecified atom stereocenters. The van der Waals surface area contributed by atoms with Crippen LogP contribution in [0.4, 0.5) is 4.39 Å². The van der Waals surface area contributed by atoms with E-state index >= 15 is 0 Å². The molecule has 160 valence electrons. The molecule has 0 amide bonds. The smallest absolute Gasteiger partial charge is 0.309 e. The Kier molecular flexibility index (Phi) is 5.24. The second-order valence-electron chi connectivity index (χ2n) is 7.78. The first-order valence-corrected chi connectivity index (χ1v) is 10.9. The van der Waals surface area contributed by atoms with Crippen molar-refractivity contribution in [2.24, 2.45) is 5.92 Å². The molecule has 0 aliphatic carbocycles. The van der Waals surface area contributed by atoms with Gasteiger partial charge in [0.1, 0.15) is 26.9 Å². The molecule has 8 heteroatoms. The molecule has 2 aromatic heterocycles. The number of aromatic nitrogens is 2. The van der Waals surface area contributed by atoms with E-state index < -0.39 is 11.8 Å². The summed E-state index contributed by atoms with van der Waals surface area (Å²) in [5.74, 6) is -1.69. The lowest BCUT2D eigenvalue weighted by molar-refractivity contribution is -0.147. The number of pyridine rings is 1. The molecule has 1 saturated heterocycles. The number of carboxylic acids is 1. The molecule has 1 aliphatic heterocycles. The summed E-state index contributed by atoms with van der Waals surface area (Å²) < 4.78 is 14.8. The zero-order chi connectivity index (χ0) is 22.2. The highest BCUT2D eigenvalue weighted by Gasteiger charge is 2.32. The van der Waals surface area contributed by atoms with Crippen LogP contribution in [0.15, 0.2) is 60.7 Å². The van der Waals surface area contributed by atoms with Crippen molar-refractivity contribution in [1.29, 1.82) is 0 Å². The molecule has 1 aliphatic rings. The maximum absolute atomic E-state index is 14.8. The lowest BCUT2D eigenvalue weighted by atomic mass is 9.99. The van der Waals surface area contributed by atoms with Crippen molar-refractivity contribution in [3.63, 3.8) is 0 Å². The zero-order valence-corrected chi connectivity index (χ0v) is 17.7. The summed E-state index contributed by atoms with van der Waals surface area (Å²) in [7, 11) is 0. The van der Waals surface area contributed by atoms with Crippen LogP contribution in [0.3, 0.4) is 0 Å². The molecule has 0 spiro atoms. The Bertz CT molecular complexity index is 1330. The number of carboxylic acid groups (broad SMARTS) is 1. The van der Waals surface area contributed by atoms with Gasteiger partial charge in [-0.3, -0.25) is 14.5 Å². The number of thiazole rings is 1. The maximum atomic E-state index is 14.8. The number of carbonyl (C=O) groups is 2. The van der Waals surface area contributed by atoms with Gasteiger partial charge in [-0.25, -0.2) is 14.4 Å². The number of carbonyl (C=O) groups excluding carboxylic acids is 1. The van der Waals surface area contributed by atoms with Gasteiger partial charge in [0, 0.05) is 30.8 Å². The second-order valence-corrected chi connectivity index (χ2v) is 8.76. The minimum Gasteiger partial charge on any atom is -0.481 e. The molecule has 1 N–H and O–H groups in total. The first-order chi connectivity index (χ1) is 15.5. The van der Waals surface area contributed by atoms with Gasteiger partial charge < -0.3 is 5.11 Å². The van der Waals surface area contributed by atoms with Gasteiger partial charge in [0.05, 0.1) is 5.92 Å². The lowest BCUT2D eigenvalue weighted by Gasteiger charge is -2.36. The number of benzene rings is 2. The highest BCUT2D eigenvalue weighted by atomic mass is 32.1. The Labute approximate surface area is 187 Å². The minimum atomic E-state index is -0.791. The average molecular weight is 447 g/mol. The second kappa shape index (κ2) is 8.22. The Balaban J connectivity index is 1.36. The van der Waals surface area contributed by atoms with Crippen LogP contribution in [0, 0.1) is 11.7 Å².